The Morgan fingerprint density at radius 3 is 2.94 bits per heavy atom. The van der Waals surface area contributed by atoms with Gasteiger partial charge < -0.3 is 20.8 Å². The topological polar surface area (TPSA) is 109 Å². The molecule has 8 nitrogen and oxygen atoms in total. The molecule has 1 aliphatic heterocycles. The van der Waals surface area contributed by atoms with Gasteiger partial charge in [-0.3, -0.25) is 9.69 Å². The Morgan fingerprint density at radius 1 is 1.24 bits per heavy atom. The summed E-state index contributed by atoms with van der Waals surface area (Å²) in [5.74, 6) is 1.54. The number of likely N-dealkylation sites (tertiary alicyclic amines) is 1. The smallest absolute Gasteiger partial charge is 0.319 e. The van der Waals surface area contributed by atoms with E-state index in [0.29, 0.717) is 18.4 Å². The van der Waals surface area contributed by atoms with Crippen LogP contribution in [0.1, 0.15) is 76.7 Å². The molecular weight excluding hydrogens is 416 g/mol. The summed E-state index contributed by atoms with van der Waals surface area (Å²) in [7, 11) is 0. The number of amides is 1. The van der Waals surface area contributed by atoms with Gasteiger partial charge in [0.25, 0.3) is 0 Å². The van der Waals surface area contributed by atoms with Crippen molar-refractivity contribution in [2.24, 2.45) is 5.92 Å². The Morgan fingerprint density at radius 2 is 2.12 bits per heavy atom. The molecule has 182 valence electrons. The van der Waals surface area contributed by atoms with Crippen molar-refractivity contribution in [2.45, 2.75) is 83.6 Å². The van der Waals surface area contributed by atoms with E-state index >= 15 is 0 Å². The summed E-state index contributed by atoms with van der Waals surface area (Å²) >= 11 is 0. The second-order valence-corrected chi connectivity index (χ2v) is 9.66. The van der Waals surface area contributed by atoms with E-state index in [1.54, 1.807) is 0 Å². The van der Waals surface area contributed by atoms with Gasteiger partial charge in [0.2, 0.25) is 5.91 Å². The van der Waals surface area contributed by atoms with Gasteiger partial charge in [-0.2, -0.15) is 9.97 Å². The Kier molecular flexibility index (Phi) is 8.42. The number of hydrogen-bond donors (Lipinski definition) is 3. The summed E-state index contributed by atoms with van der Waals surface area (Å²) in [6.45, 7) is 5.62. The molecule has 1 aliphatic carbocycles. The number of nitrogens with zero attached hydrogens (tertiary/aromatic N) is 3. The first-order valence-corrected chi connectivity index (χ1v) is 12.9. The molecule has 1 saturated heterocycles. The number of nitrogens with two attached hydrogens (primary N) is 1. The molecule has 1 saturated carbocycles. The van der Waals surface area contributed by atoms with Gasteiger partial charge >= 0.3 is 6.01 Å². The van der Waals surface area contributed by atoms with Crippen LogP contribution in [0.4, 0.5) is 5.82 Å². The fourth-order valence-electron chi connectivity index (χ4n) is 4.74. The maximum atomic E-state index is 12.6. The molecule has 3 heterocycles. The monoisotopic (exact) mass is 456 g/mol. The fraction of sp³-hybridized carbons (Fsp3) is 0.720. The molecule has 2 aliphatic rings. The van der Waals surface area contributed by atoms with Crippen LogP contribution < -0.4 is 15.8 Å². The normalized spacial score (nSPS) is 18.8. The van der Waals surface area contributed by atoms with E-state index in [4.69, 9.17) is 10.5 Å². The van der Waals surface area contributed by atoms with E-state index in [-0.39, 0.29) is 11.9 Å². The van der Waals surface area contributed by atoms with Crippen LogP contribution in [0, 0.1) is 5.92 Å². The number of aromatic amines is 1. The molecule has 1 atom stereocenters. The lowest BCUT2D eigenvalue weighted by atomic mass is 10.1. The summed E-state index contributed by atoms with van der Waals surface area (Å²) in [4.78, 5) is 27.0. The molecule has 0 bridgehead atoms. The van der Waals surface area contributed by atoms with E-state index in [1.165, 1.54) is 12.8 Å². The van der Waals surface area contributed by atoms with Gasteiger partial charge in [0.05, 0.1) is 12.6 Å². The molecule has 1 unspecified atom stereocenters. The van der Waals surface area contributed by atoms with Crippen LogP contribution in [-0.4, -0.2) is 58.0 Å². The summed E-state index contributed by atoms with van der Waals surface area (Å²) in [5, 5.41) is 3.17. The van der Waals surface area contributed by atoms with Gasteiger partial charge in [-0.15, -0.1) is 0 Å². The number of carbonyl (C=O) groups is 1. The second kappa shape index (κ2) is 11.7. The molecule has 33 heavy (non-hydrogen) atoms. The third kappa shape index (κ3) is 6.59. The van der Waals surface area contributed by atoms with Gasteiger partial charge in [0, 0.05) is 12.7 Å². The first-order chi connectivity index (χ1) is 16.2. The van der Waals surface area contributed by atoms with Gasteiger partial charge in [0.15, 0.2) is 5.82 Å². The fourth-order valence-corrected chi connectivity index (χ4v) is 4.74. The van der Waals surface area contributed by atoms with Crippen molar-refractivity contribution in [3.63, 3.8) is 0 Å². The zero-order valence-corrected chi connectivity index (χ0v) is 20.1. The average Bonchev–Trinajstić information content (AvgIpc) is 3.35. The van der Waals surface area contributed by atoms with Crippen LogP contribution in [0.25, 0.3) is 11.0 Å². The number of aryl methyl sites for hydroxylation is 1. The highest BCUT2D eigenvalue weighted by atomic mass is 16.5. The number of rotatable bonds is 14. The Bertz CT molecular complexity index is 910. The highest BCUT2D eigenvalue weighted by molar-refractivity contribution is 5.87. The molecule has 0 aromatic carbocycles. The van der Waals surface area contributed by atoms with Crippen LogP contribution >= 0.6 is 0 Å². The Labute approximate surface area is 197 Å². The van der Waals surface area contributed by atoms with Gasteiger partial charge in [-0.25, -0.2) is 0 Å². The number of anilines is 1. The van der Waals surface area contributed by atoms with Crippen LogP contribution in [0.3, 0.4) is 0 Å². The Balaban J connectivity index is 1.20. The van der Waals surface area contributed by atoms with Gasteiger partial charge in [-0.1, -0.05) is 32.6 Å². The van der Waals surface area contributed by atoms with Gasteiger partial charge in [0.1, 0.15) is 11.0 Å². The zero-order valence-electron chi connectivity index (χ0n) is 20.1. The summed E-state index contributed by atoms with van der Waals surface area (Å²) in [6.07, 6.45) is 14.2. The van der Waals surface area contributed by atoms with Gasteiger partial charge in [-0.05, 0) is 69.5 Å². The average molecular weight is 457 g/mol. The van der Waals surface area contributed by atoms with Crippen LogP contribution in [0.2, 0.25) is 0 Å². The minimum absolute atomic E-state index is 0.0728. The van der Waals surface area contributed by atoms with Crippen molar-refractivity contribution in [3.8, 4) is 6.01 Å². The van der Waals surface area contributed by atoms with Crippen molar-refractivity contribution < 1.29 is 9.53 Å². The molecule has 8 heteroatoms. The number of ether oxygens (including phenoxy) is 1. The lowest BCUT2D eigenvalue weighted by Gasteiger charge is -2.23. The number of fused-ring (bicyclic) bond motifs is 1. The SMILES string of the molecule is CCCCOc1nc(N)c2[nH]cc(CCCCCN3CCCC3C(=O)NCCC3CC3)c2n1. The summed E-state index contributed by atoms with van der Waals surface area (Å²) in [6, 6.07) is 0.438. The maximum absolute atomic E-state index is 12.6. The summed E-state index contributed by atoms with van der Waals surface area (Å²) < 4.78 is 5.67. The number of carbonyl (C=O) groups excluding carboxylic acids is 1. The quantitative estimate of drug-likeness (QED) is 0.373. The highest BCUT2D eigenvalue weighted by Gasteiger charge is 2.30. The molecule has 0 radical (unpaired) electrons. The number of nitrogen functional groups attached to an aromatic ring is 1. The number of unbranched alkanes of at least 4 members (excludes halogenated alkanes) is 3. The van der Waals surface area contributed by atoms with Crippen molar-refractivity contribution >= 4 is 22.8 Å². The number of aromatic nitrogens is 3. The largest absolute Gasteiger partial charge is 0.463 e. The summed E-state index contributed by atoms with van der Waals surface area (Å²) in [5.41, 5.74) is 8.93. The highest BCUT2D eigenvalue weighted by Crippen LogP contribution is 2.31. The third-order valence-electron chi connectivity index (χ3n) is 6.95. The minimum Gasteiger partial charge on any atom is -0.463 e. The zero-order chi connectivity index (χ0) is 23.0. The third-order valence-corrected chi connectivity index (χ3v) is 6.95. The van der Waals surface area contributed by atoms with E-state index < -0.39 is 0 Å². The lowest BCUT2D eigenvalue weighted by molar-refractivity contribution is -0.125. The number of H-pyrrole nitrogens is 1. The van der Waals surface area contributed by atoms with Crippen molar-refractivity contribution in [2.75, 3.05) is 32.0 Å². The van der Waals surface area contributed by atoms with Crippen LogP contribution in [0.5, 0.6) is 6.01 Å². The molecule has 2 aromatic heterocycles. The molecular formula is C25H40N6O2. The molecule has 4 N–H and O–H groups in total. The van der Waals surface area contributed by atoms with E-state index in [9.17, 15) is 4.79 Å². The Hall–Kier alpha value is -2.35. The van der Waals surface area contributed by atoms with Crippen molar-refractivity contribution in [3.05, 3.63) is 11.8 Å². The number of nitrogens with one attached hydrogen (secondary N) is 2. The predicted octanol–water partition coefficient (Wildman–Crippen LogP) is 3.81. The lowest BCUT2D eigenvalue weighted by Crippen LogP contribution is -2.43. The van der Waals surface area contributed by atoms with Crippen molar-refractivity contribution in [1.82, 2.24) is 25.2 Å². The predicted molar refractivity (Wildman–Crippen MR) is 131 cm³/mol. The molecule has 2 fully saturated rings. The van der Waals surface area contributed by atoms with Crippen LogP contribution in [0.15, 0.2) is 6.20 Å². The maximum Gasteiger partial charge on any atom is 0.319 e. The van der Waals surface area contributed by atoms with Crippen molar-refractivity contribution in [1.29, 1.82) is 0 Å². The first kappa shape index (κ1) is 23.8. The van der Waals surface area contributed by atoms with E-state index in [1.807, 2.05) is 6.20 Å². The van der Waals surface area contributed by atoms with E-state index in [0.717, 1.165) is 99.9 Å². The van der Waals surface area contributed by atoms with Crippen LogP contribution in [-0.2, 0) is 11.2 Å². The minimum atomic E-state index is 0.0728. The number of hydrogen-bond acceptors (Lipinski definition) is 6. The second-order valence-electron chi connectivity index (χ2n) is 9.66. The first-order valence-electron chi connectivity index (χ1n) is 12.9. The van der Waals surface area contributed by atoms with E-state index in [2.05, 4.69) is 32.1 Å². The molecule has 0 spiro atoms. The molecule has 2 aromatic rings. The standard InChI is InChI=1S/C25H40N6O2/c1-2-3-16-33-25-29-21-19(17-28-22(21)23(26)30-25)8-5-4-6-14-31-15-7-9-20(31)24(32)27-13-12-18-10-11-18/h17-18,20,28H,2-16H2,1H3,(H,27,32)(H2,26,29,30). The molecule has 4 rings (SSSR count). The molecule has 1 amide bonds.